The van der Waals surface area contributed by atoms with Gasteiger partial charge < -0.3 is 9.16 Å². The highest BCUT2D eigenvalue weighted by Gasteiger charge is 2.43. The highest BCUT2D eigenvalue weighted by atomic mass is 28.4. The lowest BCUT2D eigenvalue weighted by molar-refractivity contribution is 0.129. The predicted octanol–water partition coefficient (Wildman–Crippen LogP) is 6.45. The van der Waals surface area contributed by atoms with Crippen LogP contribution in [0.25, 0.3) is 0 Å². The maximum absolute atomic E-state index is 6.81. The third-order valence-electron chi connectivity index (χ3n) is 5.88. The Morgan fingerprint density at radius 3 is 2.20 bits per heavy atom. The Morgan fingerprint density at radius 1 is 0.880 bits per heavy atom. The van der Waals surface area contributed by atoms with Gasteiger partial charge in [-0.05, 0) is 35.3 Å². The van der Waals surface area contributed by atoms with Gasteiger partial charge in [-0.25, -0.2) is 0 Å². The number of benzene rings is 2. The summed E-state index contributed by atoms with van der Waals surface area (Å²) in [5, 5.41) is 0. The molecular formula is C22H30O2Si. The summed E-state index contributed by atoms with van der Waals surface area (Å²) in [5.74, 6) is 1.46. The van der Waals surface area contributed by atoms with Crippen molar-refractivity contribution in [3.05, 3.63) is 65.2 Å². The molecule has 134 valence electrons. The quantitative estimate of drug-likeness (QED) is 0.507. The van der Waals surface area contributed by atoms with Crippen molar-refractivity contribution in [2.45, 2.75) is 64.5 Å². The third kappa shape index (κ3) is 3.53. The van der Waals surface area contributed by atoms with Crippen molar-refractivity contribution in [1.29, 1.82) is 0 Å². The van der Waals surface area contributed by atoms with Gasteiger partial charge in [-0.15, -0.1) is 0 Å². The fourth-order valence-corrected chi connectivity index (χ4v) is 6.73. The molecule has 3 rings (SSSR count). The van der Waals surface area contributed by atoms with E-state index in [1.807, 2.05) is 6.07 Å². The van der Waals surface area contributed by atoms with Gasteiger partial charge in [0, 0.05) is 11.5 Å². The van der Waals surface area contributed by atoms with E-state index < -0.39 is 8.32 Å². The van der Waals surface area contributed by atoms with E-state index in [-0.39, 0.29) is 6.10 Å². The maximum Gasteiger partial charge on any atom is 0.192 e. The third-order valence-corrected chi connectivity index (χ3v) is 10.5. The van der Waals surface area contributed by atoms with Crippen LogP contribution in [0.2, 0.25) is 18.1 Å². The highest BCUT2D eigenvalue weighted by Crippen LogP contribution is 2.53. The van der Waals surface area contributed by atoms with Crippen LogP contribution in [0.3, 0.4) is 0 Å². The van der Waals surface area contributed by atoms with E-state index in [9.17, 15) is 0 Å². The van der Waals surface area contributed by atoms with Crippen molar-refractivity contribution in [3.8, 4) is 5.75 Å². The zero-order valence-electron chi connectivity index (χ0n) is 15.9. The molecule has 0 radical (unpaired) electrons. The molecule has 2 atom stereocenters. The van der Waals surface area contributed by atoms with E-state index in [1.54, 1.807) is 0 Å². The number of hydrogen-bond donors (Lipinski definition) is 0. The van der Waals surface area contributed by atoms with E-state index in [0.29, 0.717) is 12.5 Å². The topological polar surface area (TPSA) is 18.5 Å². The van der Waals surface area contributed by atoms with Gasteiger partial charge in [0.15, 0.2) is 8.32 Å². The molecule has 0 spiro atoms. The molecule has 0 fully saturated rings. The fraction of sp³-hybridized carbons (Fsp3) is 0.455. The molecule has 0 saturated heterocycles. The minimum Gasteiger partial charge on any atom is -0.489 e. The van der Waals surface area contributed by atoms with Crippen LogP contribution >= 0.6 is 0 Å². The smallest absolute Gasteiger partial charge is 0.192 e. The Balaban J connectivity index is 1.80. The molecule has 2 aromatic carbocycles. The van der Waals surface area contributed by atoms with Crippen molar-refractivity contribution in [2.24, 2.45) is 0 Å². The lowest BCUT2D eigenvalue weighted by atomic mass is 9.75. The summed E-state index contributed by atoms with van der Waals surface area (Å²) in [6.07, 6.45) is 0.202. The van der Waals surface area contributed by atoms with Gasteiger partial charge in [-0.2, -0.15) is 0 Å². The van der Waals surface area contributed by atoms with Gasteiger partial charge in [-0.1, -0.05) is 70.2 Å². The van der Waals surface area contributed by atoms with E-state index in [0.717, 1.165) is 5.75 Å². The molecule has 0 heterocycles. The zero-order chi connectivity index (χ0) is 17.9. The van der Waals surface area contributed by atoms with Crippen molar-refractivity contribution in [1.82, 2.24) is 0 Å². The van der Waals surface area contributed by atoms with E-state index in [4.69, 9.17) is 9.16 Å². The second-order valence-electron chi connectivity index (χ2n) is 7.10. The summed E-state index contributed by atoms with van der Waals surface area (Å²) in [7, 11) is -1.63. The number of rotatable bonds is 8. The van der Waals surface area contributed by atoms with Gasteiger partial charge in [0.05, 0.1) is 6.10 Å². The van der Waals surface area contributed by atoms with Crippen molar-refractivity contribution < 1.29 is 9.16 Å². The van der Waals surface area contributed by atoms with Crippen LogP contribution in [0.1, 0.15) is 56.4 Å². The average molecular weight is 355 g/mol. The van der Waals surface area contributed by atoms with Crippen molar-refractivity contribution >= 4 is 8.32 Å². The number of ether oxygens (including phenoxy) is 1. The van der Waals surface area contributed by atoms with Gasteiger partial charge in [0.25, 0.3) is 0 Å². The molecule has 1 aliphatic carbocycles. The normalized spacial score (nSPS) is 19.2. The lowest BCUT2D eigenvalue weighted by Gasteiger charge is -2.44. The van der Waals surface area contributed by atoms with Crippen LogP contribution in [-0.2, 0) is 11.0 Å². The van der Waals surface area contributed by atoms with Crippen LogP contribution < -0.4 is 4.74 Å². The maximum atomic E-state index is 6.81. The predicted molar refractivity (Wildman–Crippen MR) is 107 cm³/mol. The van der Waals surface area contributed by atoms with Crippen LogP contribution in [-0.4, -0.2) is 8.32 Å². The summed E-state index contributed by atoms with van der Waals surface area (Å²) in [6.45, 7) is 9.77. The molecule has 0 aliphatic heterocycles. The molecule has 1 aliphatic rings. The molecule has 0 bridgehead atoms. The fourth-order valence-electron chi connectivity index (χ4n) is 3.87. The van der Waals surface area contributed by atoms with Crippen molar-refractivity contribution in [2.75, 3.05) is 0 Å². The molecule has 0 saturated carbocycles. The molecule has 0 amide bonds. The lowest BCUT2D eigenvalue weighted by Crippen LogP contribution is -2.41. The Hall–Kier alpha value is -1.58. The zero-order valence-corrected chi connectivity index (χ0v) is 16.9. The Kier molecular flexibility index (Phi) is 5.65. The Labute approximate surface area is 153 Å². The van der Waals surface area contributed by atoms with Crippen LogP contribution in [0, 0.1) is 0 Å². The first kappa shape index (κ1) is 18.2. The summed E-state index contributed by atoms with van der Waals surface area (Å²) >= 11 is 0. The van der Waals surface area contributed by atoms with Gasteiger partial charge in [0.2, 0.25) is 0 Å². The second kappa shape index (κ2) is 7.75. The van der Waals surface area contributed by atoms with Gasteiger partial charge in [-0.3, -0.25) is 0 Å². The van der Waals surface area contributed by atoms with Crippen LogP contribution in [0.4, 0.5) is 0 Å². The molecule has 25 heavy (non-hydrogen) atoms. The molecule has 0 aromatic heterocycles. The minimum absolute atomic E-state index is 0.202. The average Bonchev–Trinajstić information content (AvgIpc) is 2.68. The van der Waals surface area contributed by atoms with Gasteiger partial charge in [0.1, 0.15) is 12.4 Å². The Morgan fingerprint density at radius 2 is 1.56 bits per heavy atom. The van der Waals surface area contributed by atoms with Crippen LogP contribution in [0.5, 0.6) is 5.75 Å². The monoisotopic (exact) mass is 354 g/mol. The first-order valence-corrected chi connectivity index (χ1v) is 12.1. The highest BCUT2D eigenvalue weighted by molar-refractivity contribution is 6.73. The van der Waals surface area contributed by atoms with E-state index in [2.05, 4.69) is 70.2 Å². The van der Waals surface area contributed by atoms with Crippen molar-refractivity contribution in [3.63, 3.8) is 0 Å². The molecule has 1 unspecified atom stereocenters. The second-order valence-corrected chi connectivity index (χ2v) is 11.8. The summed E-state index contributed by atoms with van der Waals surface area (Å²) in [6, 6.07) is 20.3. The number of fused-ring (bicyclic) bond motifs is 1. The van der Waals surface area contributed by atoms with Gasteiger partial charge >= 0.3 is 0 Å². The SMILES string of the molecule is CC[Si](CC)(CC)OC1c2c(OCc3ccccc3)cccc2[C@@H]1C. The molecule has 0 N–H and O–H groups in total. The van der Waals surface area contributed by atoms with E-state index >= 15 is 0 Å². The number of hydrogen-bond acceptors (Lipinski definition) is 2. The molecule has 2 nitrogen and oxygen atoms in total. The minimum atomic E-state index is -1.63. The standard InChI is InChI=1S/C22H30O2Si/c1-5-25(6-2,7-3)24-22-17(4)19-14-11-15-20(21(19)22)23-16-18-12-9-8-10-13-18/h8-15,17,22H,5-7,16H2,1-4H3/t17-,22?/m0/s1. The summed E-state index contributed by atoms with van der Waals surface area (Å²) in [5.41, 5.74) is 3.88. The summed E-state index contributed by atoms with van der Waals surface area (Å²) < 4.78 is 13.0. The molecule has 2 aromatic rings. The summed E-state index contributed by atoms with van der Waals surface area (Å²) in [4.78, 5) is 0. The van der Waals surface area contributed by atoms with E-state index in [1.165, 1.54) is 34.8 Å². The first-order chi connectivity index (χ1) is 12.1. The molecule has 3 heteroatoms. The first-order valence-electron chi connectivity index (χ1n) is 9.61. The largest absolute Gasteiger partial charge is 0.489 e. The van der Waals surface area contributed by atoms with Crippen LogP contribution in [0.15, 0.2) is 48.5 Å². The Bertz CT molecular complexity index is 686. The molecular weight excluding hydrogens is 324 g/mol.